The Morgan fingerprint density at radius 1 is 1.44 bits per heavy atom. The van der Waals surface area contributed by atoms with Crippen LogP contribution in [-0.4, -0.2) is 27.9 Å². The minimum Gasteiger partial charge on any atom is -0.451 e. The van der Waals surface area contributed by atoms with Gasteiger partial charge in [0.05, 0.1) is 0 Å². The Morgan fingerprint density at radius 3 is 2.38 bits per heavy atom. The first-order chi connectivity index (χ1) is 7.31. The standard InChI is InChI=1S/C11H16N2O3/c1-5-6-7-8(14)9(13-12)10(15)16-11(2,3)4/h5H,1,6-7H2,2-4H3. The molecule has 16 heavy (non-hydrogen) atoms. The van der Waals surface area contributed by atoms with Crippen LogP contribution in [0.3, 0.4) is 0 Å². The number of allylic oxidation sites excluding steroid dienone is 1. The number of nitrogens with zero attached hydrogens (tertiary/aromatic N) is 2. The number of carbonyl (C=O) groups is 2. The summed E-state index contributed by atoms with van der Waals surface area (Å²) >= 11 is 0. The van der Waals surface area contributed by atoms with Gasteiger partial charge in [0.15, 0.2) is 0 Å². The molecule has 0 aliphatic carbocycles. The monoisotopic (exact) mass is 224 g/mol. The van der Waals surface area contributed by atoms with Gasteiger partial charge >= 0.3 is 11.7 Å². The molecule has 5 heteroatoms. The maximum absolute atomic E-state index is 11.4. The van der Waals surface area contributed by atoms with Crippen molar-refractivity contribution < 1.29 is 19.1 Å². The van der Waals surface area contributed by atoms with E-state index in [-0.39, 0.29) is 6.42 Å². The third-order valence-electron chi connectivity index (χ3n) is 1.53. The number of carbonyl (C=O) groups excluding carboxylic acids is 2. The number of hydrogen-bond acceptors (Lipinski definition) is 3. The van der Waals surface area contributed by atoms with Crippen LogP contribution in [-0.2, 0) is 14.3 Å². The van der Waals surface area contributed by atoms with Gasteiger partial charge in [-0.3, -0.25) is 4.79 Å². The summed E-state index contributed by atoms with van der Waals surface area (Å²) < 4.78 is 4.92. The van der Waals surface area contributed by atoms with Gasteiger partial charge < -0.3 is 10.3 Å². The van der Waals surface area contributed by atoms with E-state index in [1.165, 1.54) is 0 Å². The maximum atomic E-state index is 11.4. The number of hydrogen-bond donors (Lipinski definition) is 0. The summed E-state index contributed by atoms with van der Waals surface area (Å²) in [5.74, 6) is -1.47. The van der Waals surface area contributed by atoms with Crippen LogP contribution in [0.4, 0.5) is 0 Å². The van der Waals surface area contributed by atoms with Crippen LogP contribution in [0.1, 0.15) is 33.6 Å². The molecule has 0 aromatic rings. The molecule has 0 fully saturated rings. The Labute approximate surface area is 94.7 Å². The summed E-state index contributed by atoms with van der Waals surface area (Å²) in [5, 5.41) is 0. The normalized spacial score (nSPS) is 10.2. The Hall–Kier alpha value is -1.74. The lowest BCUT2D eigenvalue weighted by molar-refractivity contribution is -0.152. The van der Waals surface area contributed by atoms with Gasteiger partial charge in [0.2, 0.25) is 0 Å². The second-order valence-corrected chi connectivity index (χ2v) is 4.20. The summed E-state index contributed by atoms with van der Waals surface area (Å²) in [4.78, 5) is 25.5. The minimum absolute atomic E-state index is 0.0716. The first-order valence-electron chi connectivity index (χ1n) is 4.91. The highest BCUT2D eigenvalue weighted by Crippen LogP contribution is 2.07. The van der Waals surface area contributed by atoms with Crippen molar-refractivity contribution in [3.05, 3.63) is 18.2 Å². The Balaban J connectivity index is 4.64. The van der Waals surface area contributed by atoms with E-state index in [2.05, 4.69) is 11.4 Å². The van der Waals surface area contributed by atoms with Crippen molar-refractivity contribution in [1.29, 1.82) is 0 Å². The van der Waals surface area contributed by atoms with Crippen LogP contribution in [0.5, 0.6) is 0 Å². The van der Waals surface area contributed by atoms with Crippen LogP contribution in [0.25, 0.3) is 5.53 Å². The van der Waals surface area contributed by atoms with Crippen LogP contribution < -0.4 is 0 Å². The molecule has 0 N–H and O–H groups in total. The van der Waals surface area contributed by atoms with E-state index in [0.717, 1.165) is 0 Å². The van der Waals surface area contributed by atoms with Gasteiger partial charge in [-0.1, -0.05) is 6.08 Å². The van der Waals surface area contributed by atoms with Crippen LogP contribution in [0.15, 0.2) is 12.7 Å². The molecule has 0 heterocycles. The fraction of sp³-hybridized carbons (Fsp3) is 0.545. The fourth-order valence-electron chi connectivity index (χ4n) is 0.888. The molecular weight excluding hydrogens is 208 g/mol. The number of ketones is 1. The molecule has 0 saturated heterocycles. The molecule has 88 valence electrons. The molecule has 0 atom stereocenters. The molecule has 5 nitrogen and oxygen atoms in total. The highest BCUT2D eigenvalue weighted by Gasteiger charge is 2.33. The quantitative estimate of drug-likeness (QED) is 0.177. The zero-order valence-electron chi connectivity index (χ0n) is 9.82. The predicted octanol–water partition coefficient (Wildman–Crippen LogP) is 1.53. The minimum atomic E-state index is -0.913. The summed E-state index contributed by atoms with van der Waals surface area (Å²) in [5.41, 5.74) is 7.30. The molecule has 0 saturated carbocycles. The molecule has 0 rings (SSSR count). The molecule has 0 radical (unpaired) electrons. The maximum Gasteiger partial charge on any atom is 0.441 e. The third kappa shape index (κ3) is 5.22. The third-order valence-corrected chi connectivity index (χ3v) is 1.53. The average Bonchev–Trinajstić information content (AvgIpc) is 2.12. The van der Waals surface area contributed by atoms with Crippen LogP contribution in [0, 0.1) is 0 Å². The fourth-order valence-corrected chi connectivity index (χ4v) is 0.888. The van der Waals surface area contributed by atoms with E-state index >= 15 is 0 Å². The van der Waals surface area contributed by atoms with E-state index < -0.39 is 23.1 Å². The first kappa shape index (κ1) is 14.3. The number of esters is 1. The SMILES string of the molecule is C=CCCC(=O)C(=[N+]=[N-])C(=O)OC(C)(C)C. The predicted molar refractivity (Wildman–Crippen MR) is 58.9 cm³/mol. The Morgan fingerprint density at radius 2 is 2.00 bits per heavy atom. The summed E-state index contributed by atoms with van der Waals surface area (Å²) in [6.07, 6.45) is 2.03. The van der Waals surface area contributed by atoms with Crippen molar-refractivity contribution in [3.63, 3.8) is 0 Å². The van der Waals surface area contributed by atoms with E-state index in [1.807, 2.05) is 0 Å². The lowest BCUT2D eigenvalue weighted by Gasteiger charge is -2.17. The van der Waals surface area contributed by atoms with Crippen molar-refractivity contribution in [2.24, 2.45) is 0 Å². The average molecular weight is 224 g/mol. The van der Waals surface area contributed by atoms with Crippen LogP contribution in [0.2, 0.25) is 0 Å². The van der Waals surface area contributed by atoms with E-state index in [1.54, 1.807) is 26.8 Å². The largest absolute Gasteiger partial charge is 0.451 e. The van der Waals surface area contributed by atoms with Gasteiger partial charge in [-0.05, 0) is 27.2 Å². The number of rotatable bonds is 5. The second-order valence-electron chi connectivity index (χ2n) is 4.20. The van der Waals surface area contributed by atoms with E-state index in [0.29, 0.717) is 6.42 Å². The molecule has 0 amide bonds. The van der Waals surface area contributed by atoms with Crippen molar-refractivity contribution >= 4 is 17.5 Å². The molecular formula is C11H16N2O3. The molecule has 0 spiro atoms. The second kappa shape index (κ2) is 5.98. The smallest absolute Gasteiger partial charge is 0.441 e. The van der Waals surface area contributed by atoms with E-state index in [9.17, 15) is 9.59 Å². The molecule has 0 unspecified atom stereocenters. The molecule has 0 aromatic carbocycles. The molecule has 0 bridgehead atoms. The Bertz CT molecular complexity index is 347. The van der Waals surface area contributed by atoms with Gasteiger partial charge in [-0.25, -0.2) is 4.79 Å². The topological polar surface area (TPSA) is 79.8 Å². The first-order valence-corrected chi connectivity index (χ1v) is 4.91. The van der Waals surface area contributed by atoms with Crippen molar-refractivity contribution in [1.82, 2.24) is 0 Å². The van der Waals surface area contributed by atoms with Crippen molar-refractivity contribution in [2.45, 2.75) is 39.2 Å². The van der Waals surface area contributed by atoms with E-state index in [4.69, 9.17) is 10.3 Å². The highest BCUT2D eigenvalue weighted by atomic mass is 16.6. The van der Waals surface area contributed by atoms with Gasteiger partial charge in [-0.2, -0.15) is 4.79 Å². The molecule has 0 aromatic heterocycles. The lowest BCUT2D eigenvalue weighted by atomic mass is 10.1. The Kier molecular flexibility index (Phi) is 5.33. The highest BCUT2D eigenvalue weighted by molar-refractivity contribution is 6.62. The summed E-state index contributed by atoms with van der Waals surface area (Å²) in [6.45, 7) is 8.43. The van der Waals surface area contributed by atoms with Crippen molar-refractivity contribution in [3.8, 4) is 0 Å². The summed E-state index contributed by atoms with van der Waals surface area (Å²) in [7, 11) is 0. The molecule has 0 aliphatic heterocycles. The van der Waals surface area contributed by atoms with Gasteiger partial charge in [0.25, 0.3) is 5.78 Å². The zero-order valence-corrected chi connectivity index (χ0v) is 9.82. The lowest BCUT2D eigenvalue weighted by Crippen LogP contribution is -2.33. The van der Waals surface area contributed by atoms with Gasteiger partial charge in [0.1, 0.15) is 5.60 Å². The number of Topliss-reactive ketones (excluding diaryl/α,β-unsaturated/α-hetero) is 1. The number of ether oxygens (including phenoxy) is 1. The summed E-state index contributed by atoms with van der Waals surface area (Å²) in [6, 6.07) is 0. The van der Waals surface area contributed by atoms with Gasteiger partial charge in [0, 0.05) is 6.42 Å². The van der Waals surface area contributed by atoms with Crippen LogP contribution >= 0.6 is 0 Å². The zero-order chi connectivity index (χ0) is 12.8. The molecule has 0 aliphatic rings. The van der Waals surface area contributed by atoms with Crippen molar-refractivity contribution in [2.75, 3.05) is 0 Å². The van der Waals surface area contributed by atoms with Gasteiger partial charge in [-0.15, -0.1) is 6.58 Å².